The number of methoxy groups -OCH3 is 1. The normalized spacial score (nSPS) is 22.8. The molecular formula is C16H21N3O2. The Morgan fingerprint density at radius 1 is 1.29 bits per heavy atom. The van der Waals surface area contributed by atoms with Crippen LogP contribution in [0.5, 0.6) is 5.75 Å². The molecule has 21 heavy (non-hydrogen) atoms. The van der Waals surface area contributed by atoms with Gasteiger partial charge in [-0.2, -0.15) is 5.10 Å². The van der Waals surface area contributed by atoms with E-state index in [1.54, 1.807) is 7.11 Å². The third-order valence-corrected chi connectivity index (χ3v) is 4.18. The monoisotopic (exact) mass is 287 g/mol. The molecule has 0 aliphatic carbocycles. The Morgan fingerprint density at radius 2 is 2.00 bits per heavy atom. The fourth-order valence-corrected chi connectivity index (χ4v) is 3.07. The van der Waals surface area contributed by atoms with Crippen molar-refractivity contribution >= 4 is 11.6 Å². The van der Waals surface area contributed by atoms with Crippen molar-refractivity contribution in [2.24, 2.45) is 11.0 Å². The average Bonchev–Trinajstić information content (AvgIpc) is 3.01. The van der Waals surface area contributed by atoms with Gasteiger partial charge in [-0.1, -0.05) is 0 Å². The third kappa shape index (κ3) is 3.24. The molecule has 1 aromatic rings. The van der Waals surface area contributed by atoms with Crippen LogP contribution in [0.3, 0.4) is 0 Å². The van der Waals surface area contributed by atoms with Crippen molar-refractivity contribution in [3.63, 3.8) is 0 Å². The van der Waals surface area contributed by atoms with Gasteiger partial charge in [-0.05, 0) is 55.8 Å². The van der Waals surface area contributed by atoms with Crippen LogP contribution in [0.4, 0.5) is 0 Å². The van der Waals surface area contributed by atoms with Crippen molar-refractivity contribution in [1.82, 2.24) is 10.3 Å². The second-order valence-corrected chi connectivity index (χ2v) is 5.67. The number of carbonyl (C=O) groups is 1. The van der Waals surface area contributed by atoms with Crippen molar-refractivity contribution in [2.45, 2.75) is 19.3 Å². The van der Waals surface area contributed by atoms with Gasteiger partial charge in [0.2, 0.25) is 5.91 Å². The number of ether oxygens (including phenoxy) is 1. The standard InChI is InChI=1S/C16H21N3O2/c1-21-14-6-4-12(5-7-14)16-13(10-15(20)17-18-16)11-19-8-2-3-9-19/h4-7,13H,2-3,8-11H2,1H3,(H,17,20). The number of carbonyl (C=O) groups excluding carboxylic acids is 1. The molecule has 112 valence electrons. The first-order valence-electron chi connectivity index (χ1n) is 7.49. The summed E-state index contributed by atoms with van der Waals surface area (Å²) in [6.07, 6.45) is 3.03. The molecular weight excluding hydrogens is 266 g/mol. The Balaban J connectivity index is 1.79. The first kappa shape index (κ1) is 14.1. The highest BCUT2D eigenvalue weighted by Gasteiger charge is 2.28. The van der Waals surface area contributed by atoms with E-state index in [0.717, 1.165) is 36.7 Å². The number of nitrogens with zero attached hydrogens (tertiary/aromatic N) is 2. The van der Waals surface area contributed by atoms with Gasteiger partial charge < -0.3 is 9.64 Å². The average molecular weight is 287 g/mol. The second-order valence-electron chi connectivity index (χ2n) is 5.67. The molecule has 3 rings (SSSR count). The van der Waals surface area contributed by atoms with E-state index in [1.165, 1.54) is 12.8 Å². The number of benzene rings is 1. The summed E-state index contributed by atoms with van der Waals surface area (Å²) < 4.78 is 5.19. The number of hydrazone groups is 1. The highest BCUT2D eigenvalue weighted by Crippen LogP contribution is 2.22. The maximum atomic E-state index is 11.7. The van der Waals surface area contributed by atoms with E-state index in [0.29, 0.717) is 6.42 Å². The van der Waals surface area contributed by atoms with Crippen molar-refractivity contribution < 1.29 is 9.53 Å². The van der Waals surface area contributed by atoms with Crippen LogP contribution in [-0.2, 0) is 4.79 Å². The van der Waals surface area contributed by atoms with E-state index in [-0.39, 0.29) is 11.8 Å². The zero-order valence-corrected chi connectivity index (χ0v) is 12.3. The van der Waals surface area contributed by atoms with E-state index >= 15 is 0 Å². The van der Waals surface area contributed by atoms with Crippen LogP contribution < -0.4 is 10.2 Å². The topological polar surface area (TPSA) is 53.9 Å². The molecule has 0 radical (unpaired) electrons. The molecule has 2 heterocycles. The van der Waals surface area contributed by atoms with Crippen LogP contribution in [0, 0.1) is 5.92 Å². The molecule has 1 aromatic carbocycles. The summed E-state index contributed by atoms with van der Waals surface area (Å²) in [5, 5.41) is 4.31. The first-order chi connectivity index (χ1) is 10.3. The van der Waals surface area contributed by atoms with Crippen molar-refractivity contribution in [3.8, 4) is 5.75 Å². The lowest BCUT2D eigenvalue weighted by Crippen LogP contribution is -2.39. The van der Waals surface area contributed by atoms with Crippen LogP contribution in [0.2, 0.25) is 0 Å². The second kappa shape index (κ2) is 6.26. The molecule has 0 aromatic heterocycles. The number of likely N-dealkylation sites (tertiary alicyclic amines) is 1. The van der Waals surface area contributed by atoms with Crippen molar-refractivity contribution in [2.75, 3.05) is 26.7 Å². The number of hydrogen-bond acceptors (Lipinski definition) is 4. The summed E-state index contributed by atoms with van der Waals surface area (Å²) >= 11 is 0. The Hall–Kier alpha value is -1.88. The molecule has 5 heteroatoms. The molecule has 1 amide bonds. The Morgan fingerprint density at radius 3 is 2.67 bits per heavy atom. The molecule has 5 nitrogen and oxygen atoms in total. The smallest absolute Gasteiger partial charge is 0.240 e. The van der Waals surface area contributed by atoms with Crippen molar-refractivity contribution in [3.05, 3.63) is 29.8 Å². The maximum Gasteiger partial charge on any atom is 0.240 e. The lowest BCUT2D eigenvalue weighted by molar-refractivity contribution is -0.122. The number of nitrogens with one attached hydrogen (secondary N) is 1. The summed E-state index contributed by atoms with van der Waals surface area (Å²) in [4.78, 5) is 14.1. The van der Waals surface area contributed by atoms with Gasteiger partial charge in [-0.25, -0.2) is 5.43 Å². The molecule has 1 atom stereocenters. The Bertz CT molecular complexity index is 533. The quantitative estimate of drug-likeness (QED) is 0.916. The van der Waals surface area contributed by atoms with E-state index < -0.39 is 0 Å². The molecule has 2 aliphatic rings. The van der Waals surface area contributed by atoms with Crippen molar-refractivity contribution in [1.29, 1.82) is 0 Å². The van der Waals surface area contributed by atoms with Gasteiger partial charge >= 0.3 is 0 Å². The molecule has 0 bridgehead atoms. The molecule has 2 aliphatic heterocycles. The lowest BCUT2D eigenvalue weighted by atomic mass is 9.91. The van der Waals surface area contributed by atoms with Gasteiger partial charge in [0.05, 0.1) is 12.8 Å². The van der Waals surface area contributed by atoms with E-state index in [9.17, 15) is 4.79 Å². The molecule has 0 saturated carbocycles. The van der Waals surface area contributed by atoms with Gasteiger partial charge in [0, 0.05) is 18.9 Å². The number of amides is 1. The van der Waals surface area contributed by atoms with Crippen LogP contribution in [0.1, 0.15) is 24.8 Å². The summed E-state index contributed by atoms with van der Waals surface area (Å²) in [5.41, 5.74) is 4.64. The lowest BCUT2D eigenvalue weighted by Gasteiger charge is -2.27. The predicted octanol–water partition coefficient (Wildman–Crippen LogP) is 1.63. The summed E-state index contributed by atoms with van der Waals surface area (Å²) in [5.74, 6) is 1.01. The third-order valence-electron chi connectivity index (χ3n) is 4.18. The molecule has 1 fully saturated rings. The zero-order chi connectivity index (χ0) is 14.7. The predicted molar refractivity (Wildman–Crippen MR) is 81.5 cm³/mol. The minimum Gasteiger partial charge on any atom is -0.497 e. The molecule has 0 spiro atoms. The summed E-state index contributed by atoms with van der Waals surface area (Å²) in [6.45, 7) is 3.18. The highest BCUT2D eigenvalue weighted by molar-refractivity contribution is 6.06. The fraction of sp³-hybridized carbons (Fsp3) is 0.500. The van der Waals surface area contributed by atoms with E-state index in [4.69, 9.17) is 4.74 Å². The van der Waals surface area contributed by atoms with Crippen LogP contribution >= 0.6 is 0 Å². The highest BCUT2D eigenvalue weighted by atomic mass is 16.5. The van der Waals surface area contributed by atoms with Crippen LogP contribution in [0.25, 0.3) is 0 Å². The minimum absolute atomic E-state index is 0.0106. The van der Waals surface area contributed by atoms with E-state index in [2.05, 4.69) is 15.4 Å². The van der Waals surface area contributed by atoms with E-state index in [1.807, 2.05) is 24.3 Å². The van der Waals surface area contributed by atoms with Crippen LogP contribution in [-0.4, -0.2) is 43.3 Å². The van der Waals surface area contributed by atoms with Gasteiger partial charge in [0.1, 0.15) is 5.75 Å². The number of rotatable bonds is 4. The van der Waals surface area contributed by atoms with Gasteiger partial charge in [0.15, 0.2) is 0 Å². The molecule has 1 N–H and O–H groups in total. The largest absolute Gasteiger partial charge is 0.497 e. The SMILES string of the molecule is COc1ccc(C2=NNC(=O)CC2CN2CCCC2)cc1. The summed E-state index contributed by atoms with van der Waals surface area (Å²) in [7, 11) is 1.66. The maximum absolute atomic E-state index is 11.7. The Kier molecular flexibility index (Phi) is 4.20. The van der Waals surface area contributed by atoms with Crippen LogP contribution in [0.15, 0.2) is 29.4 Å². The summed E-state index contributed by atoms with van der Waals surface area (Å²) in [6, 6.07) is 7.88. The Labute approximate surface area is 125 Å². The minimum atomic E-state index is 0.0106. The van der Waals surface area contributed by atoms with Gasteiger partial charge in [-0.3, -0.25) is 4.79 Å². The first-order valence-corrected chi connectivity index (χ1v) is 7.49. The molecule has 1 unspecified atom stereocenters. The van der Waals surface area contributed by atoms with Gasteiger partial charge in [0.25, 0.3) is 0 Å². The van der Waals surface area contributed by atoms with Gasteiger partial charge in [-0.15, -0.1) is 0 Å². The fourth-order valence-electron chi connectivity index (χ4n) is 3.07. The zero-order valence-electron chi connectivity index (χ0n) is 12.3. The number of hydrogen-bond donors (Lipinski definition) is 1. The molecule has 1 saturated heterocycles.